The maximum absolute atomic E-state index is 11.7. The average Bonchev–Trinajstić information content (AvgIpc) is 3.35. The monoisotopic (exact) mass is 467 g/mol. The molecular formula is C26H37MnO2P. The second kappa shape index (κ2) is 15.1. The predicted molar refractivity (Wildman–Crippen MR) is 125 cm³/mol. The van der Waals surface area contributed by atoms with Gasteiger partial charge in [0.25, 0.3) is 0 Å². The number of carbonyl (C=O) groups excluding carboxylic acids is 2. The number of rotatable bonds is 3. The van der Waals surface area contributed by atoms with Crippen LogP contribution in [0.5, 0.6) is 0 Å². The molecule has 1 unspecified atom stereocenters. The molecule has 3 fully saturated rings. The Labute approximate surface area is 195 Å². The maximum Gasteiger partial charge on any atom is 2.00 e. The molecule has 0 bridgehead atoms. The average molecular weight is 467 g/mol. The van der Waals surface area contributed by atoms with Gasteiger partial charge in [0, 0.05) is 5.66 Å². The Morgan fingerprint density at radius 2 is 1.30 bits per heavy atom. The molecule has 1 radical (unpaired) electrons. The molecule has 2 nitrogen and oxygen atoms in total. The third-order valence-electron chi connectivity index (χ3n) is 6.70. The molecular weight excluding hydrogens is 430 g/mol. The molecule has 4 heteroatoms. The van der Waals surface area contributed by atoms with E-state index in [1.807, 2.05) is 30.3 Å². The Morgan fingerprint density at radius 3 is 1.70 bits per heavy atom. The van der Waals surface area contributed by atoms with Crippen molar-refractivity contribution in [2.24, 2.45) is 0 Å². The van der Waals surface area contributed by atoms with Gasteiger partial charge in [-0.15, -0.1) is 0 Å². The quantitative estimate of drug-likeness (QED) is 0.207. The van der Waals surface area contributed by atoms with Gasteiger partial charge in [-0.1, -0.05) is 46.4 Å². The summed E-state index contributed by atoms with van der Waals surface area (Å²) in [5.41, 5.74) is 3.37. The summed E-state index contributed by atoms with van der Waals surface area (Å²) in [6, 6.07) is 10.0. The molecule has 0 amide bonds. The summed E-state index contributed by atoms with van der Waals surface area (Å²) in [4.78, 5) is 23.0. The molecule has 0 aromatic heterocycles. The zero-order valence-corrected chi connectivity index (χ0v) is 20.5. The van der Waals surface area contributed by atoms with Crippen LogP contribution in [0.3, 0.4) is 0 Å². The van der Waals surface area contributed by atoms with E-state index < -0.39 is 0 Å². The molecule has 1 atom stereocenters. The zero-order chi connectivity index (χ0) is 19.6. The molecule has 0 saturated heterocycles. The van der Waals surface area contributed by atoms with E-state index in [4.69, 9.17) is 0 Å². The van der Waals surface area contributed by atoms with Crippen molar-refractivity contribution in [1.82, 2.24) is 0 Å². The fourth-order valence-corrected chi connectivity index (χ4v) is 9.90. The van der Waals surface area contributed by atoms with E-state index in [1.165, 1.54) is 64.2 Å². The zero-order valence-electron chi connectivity index (χ0n) is 18.5. The third kappa shape index (κ3) is 7.41. The van der Waals surface area contributed by atoms with Gasteiger partial charge < -0.3 is 7.43 Å². The van der Waals surface area contributed by atoms with E-state index in [1.54, 1.807) is 0 Å². The van der Waals surface area contributed by atoms with Gasteiger partial charge in [0.05, 0.1) is 11.1 Å². The topological polar surface area (TPSA) is 34.1 Å². The summed E-state index contributed by atoms with van der Waals surface area (Å²) in [5.74, 6) is 4.27. The van der Waals surface area contributed by atoms with E-state index in [-0.39, 0.29) is 32.4 Å². The largest absolute Gasteiger partial charge is 2.00 e. The minimum Gasteiger partial charge on any atom is -0.358 e. The van der Waals surface area contributed by atoms with Crippen molar-refractivity contribution in [3.05, 3.63) is 48.9 Å². The predicted octanol–water partition coefficient (Wildman–Crippen LogP) is 7.06. The smallest absolute Gasteiger partial charge is 0.358 e. The summed E-state index contributed by atoms with van der Waals surface area (Å²) in [5, 5.41) is 0. The fraction of sp³-hybridized carbons (Fsp3) is 0.615. The van der Waals surface area contributed by atoms with Crippen molar-refractivity contribution in [2.75, 3.05) is 0 Å². The van der Waals surface area contributed by atoms with Crippen LogP contribution in [-0.4, -0.2) is 28.9 Å². The van der Waals surface area contributed by atoms with Crippen molar-refractivity contribution >= 4 is 19.8 Å². The van der Waals surface area contributed by atoms with Gasteiger partial charge >= 0.3 is 17.1 Å². The Hall–Kier alpha value is -0.801. The summed E-state index contributed by atoms with van der Waals surface area (Å²) in [6.45, 7) is 0. The molecule has 3 aliphatic rings. The van der Waals surface area contributed by atoms with Gasteiger partial charge in [0.2, 0.25) is 0 Å². The second-order valence-electron chi connectivity index (χ2n) is 8.50. The van der Waals surface area contributed by atoms with E-state index in [0.717, 1.165) is 36.2 Å². The molecule has 165 valence electrons. The molecule has 0 aliphatic heterocycles. The molecule has 3 aliphatic carbocycles. The van der Waals surface area contributed by atoms with Crippen LogP contribution < -0.4 is 0 Å². The van der Waals surface area contributed by atoms with Crippen LogP contribution in [0, 0.1) is 7.43 Å². The molecule has 30 heavy (non-hydrogen) atoms. The molecule has 1 aromatic rings. The molecule has 1 aromatic carbocycles. The van der Waals surface area contributed by atoms with Crippen LogP contribution in [0.1, 0.15) is 83.5 Å². The van der Waals surface area contributed by atoms with Crippen LogP contribution in [0.15, 0.2) is 41.5 Å². The van der Waals surface area contributed by atoms with E-state index in [0.29, 0.717) is 11.2 Å². The second-order valence-corrected chi connectivity index (χ2v) is 11.5. The minimum absolute atomic E-state index is 0. The van der Waals surface area contributed by atoms with Gasteiger partial charge in [0.15, 0.2) is 0 Å². The van der Waals surface area contributed by atoms with Crippen LogP contribution >= 0.6 is 7.92 Å². The van der Waals surface area contributed by atoms with Gasteiger partial charge in [-0.3, -0.25) is 0 Å². The first-order chi connectivity index (χ1) is 13.8. The van der Waals surface area contributed by atoms with Crippen LogP contribution in [0.2, 0.25) is 0 Å². The minimum atomic E-state index is -0.192. The summed E-state index contributed by atoms with van der Waals surface area (Å²) >= 11 is 0. The van der Waals surface area contributed by atoms with Crippen LogP contribution in [-0.2, 0) is 26.7 Å². The maximum atomic E-state index is 11.7. The fourth-order valence-electron chi connectivity index (χ4n) is 5.37. The van der Waals surface area contributed by atoms with Gasteiger partial charge in [-0.2, -0.15) is 18.2 Å². The molecule has 4 rings (SSSR count). The van der Waals surface area contributed by atoms with E-state index in [9.17, 15) is 9.59 Å². The number of hydrogen-bond acceptors (Lipinski definition) is 2. The summed E-state index contributed by atoms with van der Waals surface area (Å²) in [6.07, 6.45) is 16.5. The Bertz CT molecular complexity index is 639. The van der Waals surface area contributed by atoms with Gasteiger partial charge in [0.1, 0.15) is 11.9 Å². The van der Waals surface area contributed by atoms with Crippen molar-refractivity contribution in [3.63, 3.8) is 0 Å². The Morgan fingerprint density at radius 1 is 0.767 bits per heavy atom. The first-order valence-electron chi connectivity index (χ1n) is 11.3. The van der Waals surface area contributed by atoms with E-state index >= 15 is 0 Å². The number of hydrogen-bond donors (Lipinski definition) is 0. The molecule has 0 heterocycles. The standard InChI is InChI=1S/C20H29O2P.C5H5.CH3.Mn/c21-14-16-8-7-13-20(19(16)15-22)23(17-9-3-1-4-10-17)18-11-5-2-6-12-18;1-2-4-5-3-1;;/h17-18,20H,1-13H2;1-5H;1H3;/q;2*-1;+2. The SMILES string of the molecule is O=C=C1CCCC(P(C2CCCCC2)C2CCCCC2)C1=C=O.[CH3-].[Mn+2].c1cc[cH-]c1. The molecule has 3 saturated carbocycles. The van der Waals surface area contributed by atoms with Crippen LogP contribution in [0.4, 0.5) is 0 Å². The van der Waals surface area contributed by atoms with Crippen molar-refractivity contribution < 1.29 is 26.7 Å². The summed E-state index contributed by atoms with van der Waals surface area (Å²) < 4.78 is 0. The van der Waals surface area contributed by atoms with Crippen molar-refractivity contribution in [1.29, 1.82) is 0 Å². The van der Waals surface area contributed by atoms with Crippen LogP contribution in [0.25, 0.3) is 0 Å². The molecule has 0 N–H and O–H groups in total. The van der Waals surface area contributed by atoms with E-state index in [2.05, 4.69) is 11.9 Å². The normalized spacial score (nSPS) is 22.6. The summed E-state index contributed by atoms with van der Waals surface area (Å²) in [7, 11) is -0.192. The Kier molecular flexibility index (Phi) is 13.7. The first kappa shape index (κ1) is 27.2. The first-order valence-corrected chi connectivity index (χ1v) is 12.8. The van der Waals surface area contributed by atoms with Crippen molar-refractivity contribution in [2.45, 2.75) is 100 Å². The third-order valence-corrected chi connectivity index (χ3v) is 10.7. The molecule has 0 spiro atoms. The number of allylic oxidation sites excluding steroid dienone is 2. The Balaban J connectivity index is 0.000000566. The van der Waals surface area contributed by atoms with Gasteiger partial charge in [-0.25, -0.2) is 21.7 Å². The van der Waals surface area contributed by atoms with Gasteiger partial charge in [-0.05, 0) is 56.3 Å². The van der Waals surface area contributed by atoms with Crippen molar-refractivity contribution in [3.8, 4) is 0 Å².